The molecule has 4 N–H and O–H groups in total. The summed E-state index contributed by atoms with van der Waals surface area (Å²) < 4.78 is 43.3. The molecule has 6 rings (SSSR count). The second kappa shape index (κ2) is 11.7. The number of halogens is 1. The third-order valence-electron chi connectivity index (χ3n) is 7.63. The Balaban J connectivity index is 1.46. The van der Waals surface area contributed by atoms with Gasteiger partial charge >= 0.3 is 5.97 Å². The van der Waals surface area contributed by atoms with Gasteiger partial charge in [-0.05, 0) is 79.4 Å². The number of aliphatic hydroxyl groups is 1. The Bertz CT molecular complexity index is 2030. The van der Waals surface area contributed by atoms with Gasteiger partial charge in [0.05, 0.1) is 34.4 Å². The molecule has 0 aliphatic heterocycles. The topological polar surface area (TPSA) is 163 Å². The lowest BCUT2D eigenvalue weighted by molar-refractivity contribution is 0.0699. The third kappa shape index (κ3) is 6.12. The van der Waals surface area contributed by atoms with E-state index in [4.69, 9.17) is 0 Å². The number of nitrogens with one attached hydrogen (secondary N) is 2. The highest BCUT2D eigenvalue weighted by Gasteiger charge is 2.47. The summed E-state index contributed by atoms with van der Waals surface area (Å²) in [6.07, 6.45) is 4.50. The molecule has 0 spiro atoms. The molecule has 0 bridgehead atoms. The van der Waals surface area contributed by atoms with Gasteiger partial charge < -0.3 is 15.5 Å². The number of pyridine rings is 2. The number of rotatable bonds is 11. The number of sulfonamides is 1. The number of anilines is 1. The van der Waals surface area contributed by atoms with Gasteiger partial charge in [0.1, 0.15) is 17.1 Å². The van der Waals surface area contributed by atoms with Crippen molar-refractivity contribution in [3.05, 3.63) is 108 Å². The molecule has 3 aromatic heterocycles. The molecular formula is C32H28FN5O6S. The van der Waals surface area contributed by atoms with Crippen molar-refractivity contribution in [1.29, 1.82) is 0 Å². The van der Waals surface area contributed by atoms with Gasteiger partial charge in [-0.3, -0.25) is 14.5 Å². The maximum Gasteiger partial charge on any atom is 0.340 e. The zero-order valence-corrected chi connectivity index (χ0v) is 24.6. The van der Waals surface area contributed by atoms with Gasteiger partial charge in [-0.15, -0.1) is 0 Å². The van der Waals surface area contributed by atoms with Crippen molar-refractivity contribution >= 4 is 33.1 Å². The molecule has 45 heavy (non-hydrogen) atoms. The van der Waals surface area contributed by atoms with E-state index >= 15 is 0 Å². The van der Waals surface area contributed by atoms with Gasteiger partial charge in [-0.25, -0.2) is 22.1 Å². The molecule has 0 unspecified atom stereocenters. The number of aromatic carboxylic acids is 1. The van der Waals surface area contributed by atoms with E-state index in [1.807, 2.05) is 12.1 Å². The SMILES string of the molecule is O=C(NC1(c2ccccn2)CC1)c1cccc(-c2cc3c(C(=O)O)c(-c4ccc(F)cc4)nn3cc2NS(=O)(=O)CCCO)c1. The number of aromatic nitrogens is 3. The van der Waals surface area contributed by atoms with Crippen LogP contribution in [0.1, 0.15) is 45.7 Å². The number of hydrogen-bond acceptors (Lipinski definition) is 7. The molecule has 2 aromatic carbocycles. The number of carboxylic acids is 1. The van der Waals surface area contributed by atoms with Gasteiger partial charge in [0.15, 0.2) is 0 Å². The van der Waals surface area contributed by atoms with Crippen LogP contribution in [-0.4, -0.2) is 57.5 Å². The number of amides is 1. The Hall–Kier alpha value is -5.14. The molecule has 1 saturated carbocycles. The molecule has 0 atom stereocenters. The first-order valence-electron chi connectivity index (χ1n) is 14.1. The highest BCUT2D eigenvalue weighted by Crippen LogP contribution is 2.44. The number of benzene rings is 2. The minimum Gasteiger partial charge on any atom is -0.478 e. The molecular weight excluding hydrogens is 601 g/mol. The number of nitrogens with zero attached hydrogens (tertiary/aromatic N) is 3. The van der Waals surface area contributed by atoms with E-state index in [0.29, 0.717) is 22.3 Å². The van der Waals surface area contributed by atoms with E-state index in [1.165, 1.54) is 41.0 Å². The lowest BCUT2D eigenvalue weighted by Crippen LogP contribution is -2.35. The molecule has 0 saturated heterocycles. The first kappa shape index (κ1) is 29.9. The number of fused-ring (bicyclic) bond motifs is 1. The second-order valence-electron chi connectivity index (χ2n) is 10.8. The first-order valence-corrected chi connectivity index (χ1v) is 15.8. The van der Waals surface area contributed by atoms with E-state index in [0.717, 1.165) is 18.5 Å². The number of carbonyl (C=O) groups excluding carboxylic acids is 1. The van der Waals surface area contributed by atoms with Crippen molar-refractivity contribution < 1.29 is 32.6 Å². The predicted octanol–water partition coefficient (Wildman–Crippen LogP) is 4.44. The average molecular weight is 630 g/mol. The van der Waals surface area contributed by atoms with Crippen molar-refractivity contribution in [1.82, 2.24) is 19.9 Å². The predicted molar refractivity (Wildman–Crippen MR) is 165 cm³/mol. The van der Waals surface area contributed by atoms with Gasteiger partial charge in [-0.1, -0.05) is 18.2 Å². The zero-order chi connectivity index (χ0) is 31.8. The molecule has 230 valence electrons. The quantitative estimate of drug-likeness (QED) is 0.167. The summed E-state index contributed by atoms with van der Waals surface area (Å²) in [6, 6.07) is 18.7. The lowest BCUT2D eigenvalue weighted by Gasteiger charge is -2.18. The Kier molecular flexibility index (Phi) is 7.81. The normalized spacial score (nSPS) is 13.8. The fourth-order valence-electron chi connectivity index (χ4n) is 5.24. The van der Waals surface area contributed by atoms with Crippen molar-refractivity contribution in [2.24, 2.45) is 0 Å². The van der Waals surface area contributed by atoms with Crippen LogP contribution < -0.4 is 10.0 Å². The van der Waals surface area contributed by atoms with Crippen LogP contribution in [0.2, 0.25) is 0 Å². The minimum absolute atomic E-state index is 0.000234. The van der Waals surface area contributed by atoms with Crippen LogP contribution in [0.4, 0.5) is 10.1 Å². The molecule has 3 heterocycles. The third-order valence-corrected chi connectivity index (χ3v) is 8.99. The van der Waals surface area contributed by atoms with Gasteiger partial charge in [-0.2, -0.15) is 5.10 Å². The maximum atomic E-state index is 13.6. The number of hydrogen-bond donors (Lipinski definition) is 4. The molecule has 0 radical (unpaired) electrons. The zero-order valence-electron chi connectivity index (χ0n) is 23.8. The summed E-state index contributed by atoms with van der Waals surface area (Å²) >= 11 is 0. The maximum absolute atomic E-state index is 13.6. The Labute approximate surface area is 257 Å². The number of carboxylic acid groups (broad SMARTS) is 1. The molecule has 1 aliphatic rings. The molecule has 1 amide bonds. The standard InChI is InChI=1S/C32H28FN5O6S/c33-23-10-8-20(9-11-23)29-28(31(41)42)26-18-24(25(19-38(26)36-29)37-45(43,44)16-4-15-39)21-5-3-6-22(17-21)30(40)35-32(12-13-32)27-7-1-2-14-34-27/h1-3,5-11,14,17-19,37,39H,4,12-13,15-16H2,(H,35,40)(H,41,42). The number of aliphatic hydroxyl groups excluding tert-OH is 1. The summed E-state index contributed by atoms with van der Waals surface area (Å²) in [5.41, 5.74) is 1.71. The second-order valence-corrected chi connectivity index (χ2v) is 12.6. The smallest absolute Gasteiger partial charge is 0.340 e. The summed E-state index contributed by atoms with van der Waals surface area (Å²) in [7, 11) is -3.94. The van der Waals surface area contributed by atoms with Crippen LogP contribution in [0.3, 0.4) is 0 Å². The summed E-state index contributed by atoms with van der Waals surface area (Å²) in [5.74, 6) is -2.50. The monoisotopic (exact) mass is 629 g/mol. The van der Waals surface area contributed by atoms with Crippen LogP contribution in [0, 0.1) is 5.82 Å². The van der Waals surface area contributed by atoms with E-state index in [9.17, 15) is 32.6 Å². The van der Waals surface area contributed by atoms with E-state index in [2.05, 4.69) is 20.1 Å². The fourth-order valence-corrected chi connectivity index (χ4v) is 6.35. The average Bonchev–Trinajstić information content (AvgIpc) is 3.72. The van der Waals surface area contributed by atoms with Crippen molar-refractivity contribution in [2.75, 3.05) is 17.1 Å². The summed E-state index contributed by atoms with van der Waals surface area (Å²) in [4.78, 5) is 30.3. The Morgan fingerprint density at radius 3 is 2.44 bits per heavy atom. The molecule has 13 heteroatoms. The van der Waals surface area contributed by atoms with E-state index < -0.39 is 27.3 Å². The van der Waals surface area contributed by atoms with Gasteiger partial charge in [0.2, 0.25) is 10.0 Å². The summed E-state index contributed by atoms with van der Waals surface area (Å²) in [5, 5.41) is 26.9. The van der Waals surface area contributed by atoms with Crippen molar-refractivity contribution in [3.63, 3.8) is 0 Å². The van der Waals surface area contributed by atoms with Gasteiger partial charge in [0.25, 0.3) is 5.91 Å². The Morgan fingerprint density at radius 2 is 1.78 bits per heavy atom. The summed E-state index contributed by atoms with van der Waals surface area (Å²) in [6.45, 7) is -0.327. The number of carbonyl (C=O) groups is 2. The molecule has 1 aliphatic carbocycles. The first-order chi connectivity index (χ1) is 21.6. The molecule has 11 nitrogen and oxygen atoms in total. The highest BCUT2D eigenvalue weighted by molar-refractivity contribution is 7.92. The fraction of sp³-hybridized carbons (Fsp3) is 0.188. The van der Waals surface area contributed by atoms with Crippen LogP contribution in [0.25, 0.3) is 27.9 Å². The largest absolute Gasteiger partial charge is 0.478 e. The van der Waals surface area contributed by atoms with Crippen LogP contribution in [0.5, 0.6) is 0 Å². The molecule has 1 fully saturated rings. The minimum atomic E-state index is -3.94. The van der Waals surface area contributed by atoms with Crippen molar-refractivity contribution in [2.45, 2.75) is 24.8 Å². The van der Waals surface area contributed by atoms with Crippen LogP contribution in [0.15, 0.2) is 85.2 Å². The Morgan fingerprint density at radius 1 is 1.00 bits per heavy atom. The highest BCUT2D eigenvalue weighted by atomic mass is 32.2. The van der Waals surface area contributed by atoms with Crippen LogP contribution >= 0.6 is 0 Å². The van der Waals surface area contributed by atoms with Crippen LogP contribution in [-0.2, 0) is 15.6 Å². The van der Waals surface area contributed by atoms with E-state index in [-0.39, 0.29) is 47.1 Å². The van der Waals surface area contributed by atoms with Crippen molar-refractivity contribution in [3.8, 4) is 22.4 Å². The molecule has 5 aromatic rings. The lowest BCUT2D eigenvalue weighted by atomic mass is 10.00. The van der Waals surface area contributed by atoms with Gasteiger partial charge in [0, 0.05) is 29.5 Å². The van der Waals surface area contributed by atoms with E-state index in [1.54, 1.807) is 36.5 Å².